The molecule has 0 spiro atoms. The molecule has 3 rings (SSSR count). The fourth-order valence-corrected chi connectivity index (χ4v) is 4.09. The largest absolute Gasteiger partial charge is 0.489 e. The van der Waals surface area contributed by atoms with Crippen molar-refractivity contribution >= 4 is 39.3 Å². The first-order chi connectivity index (χ1) is 11.6. The standard InChI is InChI=1S/C20H23IO3/c1-13-3-7-16(8-4-13)24-18-10-6-15-11-14(12-19(22)23-2)5-9-17(15)20(18)21/h5-6,9-11,13,16H,3-4,7-8,12H2,1-2H3. The Balaban J connectivity index is 1.80. The second kappa shape index (κ2) is 7.72. The van der Waals surface area contributed by atoms with E-state index in [9.17, 15) is 4.79 Å². The summed E-state index contributed by atoms with van der Waals surface area (Å²) in [4.78, 5) is 11.4. The van der Waals surface area contributed by atoms with E-state index in [2.05, 4.69) is 53.8 Å². The third kappa shape index (κ3) is 4.02. The van der Waals surface area contributed by atoms with Crippen molar-refractivity contribution < 1.29 is 14.3 Å². The van der Waals surface area contributed by atoms with E-state index in [0.29, 0.717) is 12.5 Å². The summed E-state index contributed by atoms with van der Waals surface area (Å²) in [7, 11) is 1.42. The molecule has 128 valence electrons. The first-order valence-electron chi connectivity index (χ1n) is 8.51. The summed E-state index contributed by atoms with van der Waals surface area (Å²) in [6.45, 7) is 2.32. The summed E-state index contributed by atoms with van der Waals surface area (Å²) in [5.41, 5.74) is 0.972. The Morgan fingerprint density at radius 3 is 2.62 bits per heavy atom. The number of rotatable bonds is 4. The van der Waals surface area contributed by atoms with Gasteiger partial charge in [-0.15, -0.1) is 0 Å². The molecule has 0 saturated heterocycles. The summed E-state index contributed by atoms with van der Waals surface area (Å²) in [6, 6.07) is 10.3. The smallest absolute Gasteiger partial charge is 0.309 e. The second-order valence-electron chi connectivity index (χ2n) is 6.69. The molecule has 1 aliphatic carbocycles. The maximum atomic E-state index is 11.4. The van der Waals surface area contributed by atoms with Crippen molar-refractivity contribution in [2.45, 2.75) is 45.1 Å². The van der Waals surface area contributed by atoms with Gasteiger partial charge in [-0.25, -0.2) is 0 Å². The molecule has 0 amide bonds. The third-order valence-electron chi connectivity index (χ3n) is 4.82. The topological polar surface area (TPSA) is 35.5 Å². The van der Waals surface area contributed by atoms with Crippen molar-refractivity contribution in [1.29, 1.82) is 0 Å². The van der Waals surface area contributed by atoms with E-state index >= 15 is 0 Å². The van der Waals surface area contributed by atoms with Crippen LogP contribution in [0.1, 0.15) is 38.2 Å². The summed E-state index contributed by atoms with van der Waals surface area (Å²) in [6.07, 6.45) is 5.45. The summed E-state index contributed by atoms with van der Waals surface area (Å²) in [5, 5.41) is 2.30. The molecule has 1 fully saturated rings. The number of hydrogen-bond donors (Lipinski definition) is 0. The van der Waals surface area contributed by atoms with E-state index in [0.717, 1.165) is 39.0 Å². The van der Waals surface area contributed by atoms with Crippen LogP contribution in [0.5, 0.6) is 5.75 Å². The van der Waals surface area contributed by atoms with Crippen LogP contribution in [0, 0.1) is 9.49 Å². The van der Waals surface area contributed by atoms with Crippen LogP contribution in [0.15, 0.2) is 30.3 Å². The van der Waals surface area contributed by atoms with Gasteiger partial charge in [0.2, 0.25) is 0 Å². The van der Waals surface area contributed by atoms with Gasteiger partial charge in [0, 0.05) is 0 Å². The molecule has 0 N–H and O–H groups in total. The van der Waals surface area contributed by atoms with Crippen LogP contribution in [-0.4, -0.2) is 19.2 Å². The number of halogens is 1. The van der Waals surface area contributed by atoms with Crippen molar-refractivity contribution in [3.05, 3.63) is 39.5 Å². The van der Waals surface area contributed by atoms with Crippen LogP contribution in [0.25, 0.3) is 10.8 Å². The predicted octanol–water partition coefficient (Wildman–Crippen LogP) is 5.12. The Morgan fingerprint density at radius 1 is 1.17 bits per heavy atom. The summed E-state index contributed by atoms with van der Waals surface area (Å²) in [5.74, 6) is 1.59. The predicted molar refractivity (Wildman–Crippen MR) is 104 cm³/mol. The highest BCUT2D eigenvalue weighted by atomic mass is 127. The van der Waals surface area contributed by atoms with Crippen LogP contribution in [0.3, 0.4) is 0 Å². The Morgan fingerprint density at radius 2 is 1.92 bits per heavy atom. The van der Waals surface area contributed by atoms with E-state index in [1.54, 1.807) is 0 Å². The maximum Gasteiger partial charge on any atom is 0.309 e. The minimum atomic E-state index is -0.212. The normalized spacial score (nSPS) is 20.8. The number of ether oxygens (including phenoxy) is 2. The lowest BCUT2D eigenvalue weighted by Crippen LogP contribution is -2.23. The van der Waals surface area contributed by atoms with E-state index in [4.69, 9.17) is 9.47 Å². The van der Waals surface area contributed by atoms with E-state index in [-0.39, 0.29) is 5.97 Å². The van der Waals surface area contributed by atoms with Crippen molar-refractivity contribution in [3.8, 4) is 5.75 Å². The molecule has 0 aliphatic heterocycles. The zero-order valence-corrected chi connectivity index (χ0v) is 16.3. The number of carbonyl (C=O) groups excluding carboxylic acids is 1. The molecule has 2 aromatic rings. The molecule has 0 unspecified atom stereocenters. The number of carbonyl (C=O) groups is 1. The van der Waals surface area contributed by atoms with Crippen LogP contribution < -0.4 is 4.74 Å². The van der Waals surface area contributed by atoms with Gasteiger partial charge in [0.25, 0.3) is 0 Å². The number of methoxy groups -OCH3 is 1. The third-order valence-corrected chi connectivity index (χ3v) is 5.93. The zero-order valence-electron chi connectivity index (χ0n) is 14.2. The van der Waals surface area contributed by atoms with Gasteiger partial charge in [0.15, 0.2) is 0 Å². The average molecular weight is 438 g/mol. The molecule has 0 radical (unpaired) electrons. The van der Waals surface area contributed by atoms with E-state index in [1.807, 2.05) is 6.07 Å². The molecule has 0 heterocycles. The van der Waals surface area contributed by atoms with Gasteiger partial charge in [-0.05, 0) is 76.6 Å². The average Bonchev–Trinajstić information content (AvgIpc) is 2.59. The van der Waals surface area contributed by atoms with Crippen LogP contribution in [0.2, 0.25) is 0 Å². The molecule has 3 nitrogen and oxygen atoms in total. The lowest BCUT2D eigenvalue weighted by atomic mass is 9.89. The van der Waals surface area contributed by atoms with Crippen LogP contribution in [-0.2, 0) is 16.0 Å². The SMILES string of the molecule is COC(=O)Cc1ccc2c(I)c(OC3CCC(C)CC3)ccc2c1. The minimum absolute atomic E-state index is 0.212. The fraction of sp³-hybridized carbons (Fsp3) is 0.450. The highest BCUT2D eigenvalue weighted by molar-refractivity contribution is 14.1. The minimum Gasteiger partial charge on any atom is -0.489 e. The zero-order chi connectivity index (χ0) is 17.1. The number of hydrogen-bond acceptors (Lipinski definition) is 3. The van der Waals surface area contributed by atoms with Gasteiger partial charge >= 0.3 is 5.97 Å². The van der Waals surface area contributed by atoms with Crippen molar-refractivity contribution in [1.82, 2.24) is 0 Å². The molecule has 0 aromatic heterocycles. The van der Waals surface area contributed by atoms with Gasteiger partial charge in [-0.2, -0.15) is 0 Å². The highest BCUT2D eigenvalue weighted by Crippen LogP contribution is 2.33. The summed E-state index contributed by atoms with van der Waals surface area (Å²) >= 11 is 2.37. The van der Waals surface area contributed by atoms with Crippen molar-refractivity contribution in [2.75, 3.05) is 7.11 Å². The van der Waals surface area contributed by atoms with Crippen molar-refractivity contribution in [3.63, 3.8) is 0 Å². The lowest BCUT2D eigenvalue weighted by Gasteiger charge is -2.27. The first kappa shape index (κ1) is 17.5. The van der Waals surface area contributed by atoms with E-state index in [1.165, 1.54) is 25.3 Å². The molecule has 4 heteroatoms. The Kier molecular flexibility index (Phi) is 5.64. The van der Waals surface area contributed by atoms with Gasteiger partial charge in [0.05, 0.1) is 23.2 Å². The summed E-state index contributed by atoms with van der Waals surface area (Å²) < 4.78 is 12.2. The molecule has 2 aromatic carbocycles. The number of esters is 1. The number of benzene rings is 2. The Hall–Kier alpha value is -1.30. The van der Waals surface area contributed by atoms with Gasteiger partial charge in [-0.1, -0.05) is 31.2 Å². The van der Waals surface area contributed by atoms with Gasteiger partial charge in [-0.3, -0.25) is 4.79 Å². The fourth-order valence-electron chi connectivity index (χ4n) is 3.29. The van der Waals surface area contributed by atoms with Crippen LogP contribution >= 0.6 is 22.6 Å². The van der Waals surface area contributed by atoms with Gasteiger partial charge in [0.1, 0.15) is 5.75 Å². The molecule has 0 atom stereocenters. The molecule has 1 saturated carbocycles. The van der Waals surface area contributed by atoms with Gasteiger partial charge < -0.3 is 9.47 Å². The monoisotopic (exact) mass is 438 g/mol. The Bertz CT molecular complexity index is 733. The molecule has 24 heavy (non-hydrogen) atoms. The highest BCUT2D eigenvalue weighted by Gasteiger charge is 2.20. The molecule has 1 aliphatic rings. The quantitative estimate of drug-likeness (QED) is 0.491. The molecular formula is C20H23IO3. The molecular weight excluding hydrogens is 415 g/mol. The maximum absolute atomic E-state index is 11.4. The Labute approximate surface area is 156 Å². The first-order valence-corrected chi connectivity index (χ1v) is 9.59. The van der Waals surface area contributed by atoms with Crippen LogP contribution in [0.4, 0.5) is 0 Å². The number of fused-ring (bicyclic) bond motifs is 1. The lowest BCUT2D eigenvalue weighted by molar-refractivity contribution is -0.139. The van der Waals surface area contributed by atoms with E-state index < -0.39 is 0 Å². The second-order valence-corrected chi connectivity index (χ2v) is 7.76. The molecule has 0 bridgehead atoms. The van der Waals surface area contributed by atoms with Crippen molar-refractivity contribution in [2.24, 2.45) is 5.92 Å².